The highest BCUT2D eigenvalue weighted by Gasteiger charge is 2.31. The number of hydrogen-bond donors (Lipinski definition) is 2. The number of rotatable bonds is 4. The van der Waals surface area contributed by atoms with Crippen LogP contribution in [-0.2, 0) is 11.0 Å². The van der Waals surface area contributed by atoms with E-state index in [0.29, 0.717) is 11.3 Å². The fourth-order valence-corrected chi connectivity index (χ4v) is 2.26. The molecule has 0 aliphatic rings. The van der Waals surface area contributed by atoms with Crippen LogP contribution in [0.15, 0.2) is 23.1 Å². The van der Waals surface area contributed by atoms with Gasteiger partial charge in [0.15, 0.2) is 0 Å². The molecule has 18 heavy (non-hydrogen) atoms. The number of nitrogens with two attached hydrogens (primary N) is 2. The normalized spacial score (nSPS) is 13.3. The number of benzene rings is 1. The minimum absolute atomic E-state index is 0.00507. The third kappa shape index (κ3) is 3.56. The Morgan fingerprint density at radius 1 is 1.44 bits per heavy atom. The van der Waals surface area contributed by atoms with Crippen LogP contribution in [0.2, 0.25) is 0 Å². The highest BCUT2D eigenvalue weighted by atomic mass is 32.2. The number of alkyl halides is 3. The predicted molar refractivity (Wildman–Crippen MR) is 65.0 cm³/mol. The number of thioether (sulfide) groups is 1. The maximum Gasteiger partial charge on any atom is 0.416 e. The van der Waals surface area contributed by atoms with Crippen molar-refractivity contribution in [2.24, 2.45) is 5.73 Å². The fraction of sp³-hybridized carbons (Fsp3) is 0.364. The van der Waals surface area contributed by atoms with Gasteiger partial charge in [-0.2, -0.15) is 13.2 Å². The summed E-state index contributed by atoms with van der Waals surface area (Å²) in [5, 5.41) is -0.496. The molecule has 0 spiro atoms. The van der Waals surface area contributed by atoms with Gasteiger partial charge in [0.2, 0.25) is 5.91 Å². The van der Waals surface area contributed by atoms with E-state index in [4.69, 9.17) is 11.5 Å². The summed E-state index contributed by atoms with van der Waals surface area (Å²) in [6.45, 7) is 1.77. The molecule has 0 saturated carbocycles. The monoisotopic (exact) mass is 278 g/mol. The molecular formula is C11H13F3N2OS. The molecule has 1 atom stereocenters. The van der Waals surface area contributed by atoms with E-state index < -0.39 is 22.9 Å². The molecular weight excluding hydrogens is 265 g/mol. The summed E-state index contributed by atoms with van der Waals surface area (Å²) in [7, 11) is 0. The third-order valence-electron chi connectivity index (χ3n) is 2.29. The lowest BCUT2D eigenvalue weighted by Gasteiger charge is -2.14. The zero-order valence-corrected chi connectivity index (χ0v) is 10.4. The molecule has 0 fully saturated rings. The Balaban J connectivity index is 2.96. The molecule has 7 heteroatoms. The van der Waals surface area contributed by atoms with Gasteiger partial charge >= 0.3 is 6.18 Å². The van der Waals surface area contributed by atoms with Gasteiger partial charge in [0.1, 0.15) is 0 Å². The average molecular weight is 278 g/mol. The molecule has 0 bridgehead atoms. The molecule has 0 aromatic heterocycles. The first-order valence-electron chi connectivity index (χ1n) is 5.18. The summed E-state index contributed by atoms with van der Waals surface area (Å²) in [6.07, 6.45) is -3.94. The van der Waals surface area contributed by atoms with Gasteiger partial charge in [0, 0.05) is 10.6 Å². The number of amides is 1. The van der Waals surface area contributed by atoms with E-state index in [2.05, 4.69) is 0 Å². The van der Waals surface area contributed by atoms with Gasteiger partial charge in [0.25, 0.3) is 0 Å². The zero-order chi connectivity index (χ0) is 13.9. The summed E-state index contributed by atoms with van der Waals surface area (Å²) in [4.78, 5) is 11.5. The van der Waals surface area contributed by atoms with Crippen LogP contribution < -0.4 is 11.5 Å². The van der Waals surface area contributed by atoms with Crippen molar-refractivity contribution >= 4 is 23.4 Å². The lowest BCUT2D eigenvalue weighted by atomic mass is 10.2. The second-order valence-corrected chi connectivity index (χ2v) is 4.91. The van der Waals surface area contributed by atoms with Crippen molar-refractivity contribution in [1.82, 2.24) is 0 Å². The van der Waals surface area contributed by atoms with Gasteiger partial charge in [-0.1, -0.05) is 6.92 Å². The third-order valence-corrected chi connectivity index (χ3v) is 3.77. The molecule has 1 rings (SSSR count). The topological polar surface area (TPSA) is 69.1 Å². The fourth-order valence-electron chi connectivity index (χ4n) is 1.33. The minimum atomic E-state index is -4.43. The van der Waals surface area contributed by atoms with Gasteiger partial charge in [-0.25, -0.2) is 0 Å². The SMILES string of the molecule is CCC(Sc1ccc(C(F)(F)F)cc1N)C(N)=O. The molecule has 1 amide bonds. The standard InChI is InChI=1S/C11H13F3N2OS/c1-2-8(10(16)17)18-9-4-3-6(5-7(9)15)11(12,13)14/h3-5,8H,2,15H2,1H3,(H2,16,17). The molecule has 0 radical (unpaired) electrons. The Bertz CT molecular complexity index is 448. The number of anilines is 1. The number of carbonyl (C=O) groups is 1. The van der Waals surface area contributed by atoms with Gasteiger partial charge in [0.05, 0.1) is 10.8 Å². The molecule has 1 aromatic rings. The Kier molecular flexibility index (Phi) is 4.50. The van der Waals surface area contributed by atoms with Crippen molar-refractivity contribution < 1.29 is 18.0 Å². The molecule has 0 saturated heterocycles. The quantitative estimate of drug-likeness (QED) is 0.657. The molecule has 1 aromatic carbocycles. The van der Waals surface area contributed by atoms with Crippen LogP contribution in [0.3, 0.4) is 0 Å². The van der Waals surface area contributed by atoms with Crippen LogP contribution in [0.25, 0.3) is 0 Å². The Morgan fingerprint density at radius 3 is 2.44 bits per heavy atom. The van der Waals surface area contributed by atoms with Crippen molar-refractivity contribution in [3.05, 3.63) is 23.8 Å². The summed E-state index contributed by atoms with van der Waals surface area (Å²) < 4.78 is 37.3. The summed E-state index contributed by atoms with van der Waals surface area (Å²) in [5.74, 6) is -0.512. The van der Waals surface area contributed by atoms with Gasteiger partial charge in [-0.05, 0) is 24.6 Å². The van der Waals surface area contributed by atoms with Crippen molar-refractivity contribution in [3.8, 4) is 0 Å². The second-order valence-electron chi connectivity index (χ2n) is 3.67. The number of nitrogen functional groups attached to an aromatic ring is 1. The molecule has 1 unspecified atom stereocenters. The predicted octanol–water partition coefficient (Wildman–Crippen LogP) is 2.64. The van der Waals surface area contributed by atoms with Crippen LogP contribution in [0.5, 0.6) is 0 Å². The minimum Gasteiger partial charge on any atom is -0.398 e. The highest BCUT2D eigenvalue weighted by Crippen LogP contribution is 2.36. The van der Waals surface area contributed by atoms with Crippen LogP contribution in [0.4, 0.5) is 18.9 Å². The first-order valence-corrected chi connectivity index (χ1v) is 6.06. The van der Waals surface area contributed by atoms with Crippen LogP contribution in [0.1, 0.15) is 18.9 Å². The van der Waals surface area contributed by atoms with E-state index in [9.17, 15) is 18.0 Å². The Hall–Kier alpha value is -1.37. The lowest BCUT2D eigenvalue weighted by molar-refractivity contribution is -0.137. The van der Waals surface area contributed by atoms with Gasteiger partial charge in [-0.15, -0.1) is 11.8 Å². The maximum absolute atomic E-state index is 12.4. The maximum atomic E-state index is 12.4. The van der Waals surface area contributed by atoms with Gasteiger partial charge < -0.3 is 11.5 Å². The molecule has 4 N–H and O–H groups in total. The van der Waals surface area contributed by atoms with E-state index in [1.807, 2.05) is 0 Å². The van der Waals surface area contributed by atoms with Gasteiger partial charge in [-0.3, -0.25) is 4.79 Å². The van der Waals surface area contributed by atoms with E-state index in [1.54, 1.807) is 6.92 Å². The second kappa shape index (κ2) is 5.51. The Morgan fingerprint density at radius 2 is 2.06 bits per heavy atom. The smallest absolute Gasteiger partial charge is 0.398 e. The van der Waals surface area contributed by atoms with E-state index in [-0.39, 0.29) is 5.69 Å². The molecule has 0 aliphatic carbocycles. The average Bonchev–Trinajstić information content (AvgIpc) is 2.25. The molecule has 100 valence electrons. The number of halogens is 3. The molecule has 0 heterocycles. The van der Waals surface area contributed by atoms with Crippen molar-refractivity contribution in [1.29, 1.82) is 0 Å². The van der Waals surface area contributed by atoms with Crippen LogP contribution in [0, 0.1) is 0 Å². The van der Waals surface area contributed by atoms with Crippen molar-refractivity contribution in [2.45, 2.75) is 29.7 Å². The molecule has 0 aliphatic heterocycles. The number of primary amides is 1. The largest absolute Gasteiger partial charge is 0.416 e. The van der Waals surface area contributed by atoms with Crippen molar-refractivity contribution in [2.75, 3.05) is 5.73 Å². The van der Waals surface area contributed by atoms with E-state index in [0.717, 1.165) is 23.9 Å². The summed E-state index contributed by atoms with van der Waals surface area (Å²) in [6, 6.07) is 3.05. The van der Waals surface area contributed by atoms with Crippen LogP contribution in [-0.4, -0.2) is 11.2 Å². The summed E-state index contributed by atoms with van der Waals surface area (Å²) in [5.41, 5.74) is 9.90. The first-order chi connectivity index (χ1) is 8.25. The lowest BCUT2D eigenvalue weighted by Crippen LogP contribution is -2.24. The number of carbonyl (C=O) groups excluding carboxylic acids is 1. The van der Waals surface area contributed by atoms with E-state index >= 15 is 0 Å². The highest BCUT2D eigenvalue weighted by molar-refractivity contribution is 8.00. The molecule has 3 nitrogen and oxygen atoms in total. The van der Waals surface area contributed by atoms with E-state index in [1.165, 1.54) is 6.07 Å². The van der Waals surface area contributed by atoms with Crippen LogP contribution >= 0.6 is 11.8 Å². The first kappa shape index (κ1) is 14.7. The summed E-state index contributed by atoms with van der Waals surface area (Å²) >= 11 is 1.08. The zero-order valence-electron chi connectivity index (χ0n) is 9.62. The van der Waals surface area contributed by atoms with Crippen molar-refractivity contribution in [3.63, 3.8) is 0 Å². The Labute approximate surface area is 107 Å². The number of hydrogen-bond acceptors (Lipinski definition) is 3.